The first-order chi connectivity index (χ1) is 37.7. The Hall–Kier alpha value is -9.36. The lowest BCUT2D eigenvalue weighted by Crippen LogP contribution is -2.30. The van der Waals surface area contributed by atoms with Gasteiger partial charge in [0.2, 0.25) is 0 Å². The molecule has 0 spiro atoms. The maximum absolute atomic E-state index is 2.64. The lowest BCUT2D eigenvalue weighted by Gasteiger charge is -2.36. The second-order valence-corrected chi connectivity index (χ2v) is 20.9. The van der Waals surface area contributed by atoms with Gasteiger partial charge in [0.1, 0.15) is 0 Å². The summed E-state index contributed by atoms with van der Waals surface area (Å²) in [5, 5.41) is 5.01. The average molecular weight is 965 g/mol. The van der Waals surface area contributed by atoms with E-state index in [1.54, 1.807) is 0 Å². The largest absolute Gasteiger partial charge is 0.0836 e. The van der Waals surface area contributed by atoms with E-state index in [4.69, 9.17) is 0 Å². The first kappa shape index (κ1) is 44.2. The highest BCUT2D eigenvalue weighted by molar-refractivity contribution is 6.10. The molecule has 0 heterocycles. The summed E-state index contributed by atoms with van der Waals surface area (Å²) >= 11 is 0. The maximum Gasteiger partial charge on any atom is 0.0714 e. The zero-order valence-electron chi connectivity index (χ0n) is 42.1. The summed E-state index contributed by atoms with van der Waals surface area (Å²) < 4.78 is 0. The van der Waals surface area contributed by atoms with Gasteiger partial charge >= 0.3 is 0 Å². The van der Waals surface area contributed by atoms with Crippen LogP contribution >= 0.6 is 0 Å². The van der Waals surface area contributed by atoms with Crippen molar-refractivity contribution in [2.75, 3.05) is 0 Å². The third-order valence-electron chi connectivity index (χ3n) is 17.1. The van der Waals surface area contributed by atoms with Crippen molar-refractivity contribution in [1.82, 2.24) is 0 Å². The van der Waals surface area contributed by atoms with Crippen LogP contribution in [0.2, 0.25) is 0 Å². The third-order valence-corrected chi connectivity index (χ3v) is 17.1. The molecule has 12 aromatic carbocycles. The van der Waals surface area contributed by atoms with Gasteiger partial charge in [-0.3, -0.25) is 0 Å². The summed E-state index contributed by atoms with van der Waals surface area (Å²) in [6.45, 7) is 0. The van der Waals surface area contributed by atoms with E-state index in [-0.39, 0.29) is 0 Å². The van der Waals surface area contributed by atoms with Gasteiger partial charge in [-0.2, -0.15) is 0 Å². The second-order valence-electron chi connectivity index (χ2n) is 20.9. The van der Waals surface area contributed by atoms with Crippen molar-refractivity contribution in [1.29, 1.82) is 0 Å². The van der Waals surface area contributed by atoms with Crippen LogP contribution in [0.5, 0.6) is 0 Å². The minimum absolute atomic E-state index is 0.645. The summed E-state index contributed by atoms with van der Waals surface area (Å²) in [5.74, 6) is 0. The van der Waals surface area contributed by atoms with Crippen LogP contribution < -0.4 is 0 Å². The molecule has 76 heavy (non-hydrogen) atoms. The second kappa shape index (κ2) is 17.7. The topological polar surface area (TPSA) is 0 Å². The fraction of sp³-hybridized carbons (Fsp3) is 0.0526. The molecular formula is C76H52. The number of benzene rings is 12. The van der Waals surface area contributed by atoms with Crippen molar-refractivity contribution >= 4 is 27.1 Å². The highest BCUT2D eigenvalue weighted by Gasteiger charge is 2.52. The number of fused-ring (bicyclic) bond motifs is 9. The van der Waals surface area contributed by atoms with Crippen molar-refractivity contribution in [3.63, 3.8) is 0 Å². The van der Waals surface area contributed by atoms with Crippen molar-refractivity contribution in [2.45, 2.75) is 23.7 Å². The van der Waals surface area contributed by atoms with Gasteiger partial charge in [0, 0.05) is 0 Å². The molecule has 3 aliphatic carbocycles. The van der Waals surface area contributed by atoms with E-state index in [2.05, 4.69) is 291 Å². The van der Waals surface area contributed by atoms with Crippen LogP contribution in [0.15, 0.2) is 291 Å². The smallest absolute Gasteiger partial charge is 0.0714 e. The van der Waals surface area contributed by atoms with Crippen molar-refractivity contribution < 1.29 is 0 Å². The monoisotopic (exact) mass is 964 g/mol. The van der Waals surface area contributed by atoms with E-state index in [1.807, 2.05) is 0 Å². The van der Waals surface area contributed by atoms with Gasteiger partial charge in [0.25, 0.3) is 0 Å². The Labute approximate surface area is 445 Å². The van der Waals surface area contributed by atoms with E-state index in [0.717, 1.165) is 12.8 Å². The molecule has 0 heteroatoms. The van der Waals surface area contributed by atoms with Gasteiger partial charge in [0.15, 0.2) is 0 Å². The van der Waals surface area contributed by atoms with Crippen LogP contribution in [-0.2, 0) is 10.8 Å². The van der Waals surface area contributed by atoms with E-state index < -0.39 is 10.8 Å². The number of hydrogen-bond donors (Lipinski definition) is 0. The van der Waals surface area contributed by atoms with Crippen molar-refractivity contribution in [3.8, 4) is 55.6 Å². The molecule has 0 radical (unpaired) electrons. The molecule has 1 atom stereocenters. The number of rotatable bonds is 8. The van der Waals surface area contributed by atoms with E-state index in [0.29, 0.717) is 0 Å². The molecule has 3 aliphatic rings. The zero-order chi connectivity index (χ0) is 50.2. The summed E-state index contributed by atoms with van der Waals surface area (Å²) in [7, 11) is 0. The Morgan fingerprint density at radius 1 is 0.263 bits per heavy atom. The van der Waals surface area contributed by atoms with Crippen molar-refractivity contribution in [2.24, 2.45) is 0 Å². The Morgan fingerprint density at radius 3 is 1.22 bits per heavy atom. The van der Waals surface area contributed by atoms with Crippen LogP contribution in [0.25, 0.3) is 82.8 Å². The van der Waals surface area contributed by atoms with E-state index >= 15 is 0 Å². The summed E-state index contributed by atoms with van der Waals surface area (Å²) in [6.07, 6.45) is 9.15. The molecule has 0 aliphatic heterocycles. The standard InChI is InChI=1S/C76H52/c1-5-17-51(18-6-1)55-29-38-62(39-30-55)75(63-40-31-56(32-41-63)52-19-7-2-8-20-52)70-28-16-15-27-66(70)68-49-73-69(50-72(68)75)74-67-48-60-26-14-13-25-59(60)47-61(67)37-46-71(74)76(73,64-42-33-57(34-43-64)53-21-9-3-10-22-53)65-44-35-58(36-45-65)54-23-11-4-12-24-54/h1-3,5-11,13-50H,4,12H2. The Kier molecular flexibility index (Phi) is 10.3. The van der Waals surface area contributed by atoms with Crippen LogP contribution in [0.4, 0.5) is 0 Å². The lowest BCUT2D eigenvalue weighted by atomic mass is 9.65. The SMILES string of the molecule is C1=CC(c2ccc(C3(c4ccc(-c5ccccc5)cc4)c4cc5c(cc4-c4c3ccc3cc6ccccc6cc43)C(c3ccc(-c4ccccc4)cc3)(c3ccc(-c4ccccc4)cc3)c3ccccc3-5)cc2)=CCC1. The van der Waals surface area contributed by atoms with Crippen LogP contribution in [0.3, 0.4) is 0 Å². The Bertz CT molecular complexity index is 4170. The summed E-state index contributed by atoms with van der Waals surface area (Å²) in [5.41, 5.74) is 23.8. The van der Waals surface area contributed by atoms with Gasteiger partial charge in [0.05, 0.1) is 10.8 Å². The molecule has 12 aromatic rings. The molecule has 0 bridgehead atoms. The molecule has 0 aromatic heterocycles. The first-order valence-corrected chi connectivity index (χ1v) is 26.9. The molecule has 0 saturated carbocycles. The lowest BCUT2D eigenvalue weighted by molar-refractivity contribution is 0.759. The van der Waals surface area contributed by atoms with Crippen LogP contribution in [0, 0.1) is 0 Å². The highest BCUT2D eigenvalue weighted by atomic mass is 14.5. The summed E-state index contributed by atoms with van der Waals surface area (Å²) in [4.78, 5) is 0. The van der Waals surface area contributed by atoms with Crippen molar-refractivity contribution in [3.05, 3.63) is 341 Å². The summed E-state index contributed by atoms with van der Waals surface area (Å²) in [6, 6.07) is 103. The molecule has 0 saturated heterocycles. The molecule has 0 amide bonds. The predicted molar refractivity (Wildman–Crippen MR) is 319 cm³/mol. The molecule has 15 rings (SSSR count). The fourth-order valence-electron chi connectivity index (χ4n) is 13.5. The van der Waals surface area contributed by atoms with Gasteiger partial charge in [-0.1, -0.05) is 267 Å². The molecule has 0 fully saturated rings. The van der Waals surface area contributed by atoms with Gasteiger partial charge in [-0.05, 0) is 170 Å². The molecule has 356 valence electrons. The normalized spacial score (nSPS) is 15.7. The quantitative estimate of drug-likeness (QED) is 0.133. The molecule has 1 unspecified atom stereocenters. The highest BCUT2D eigenvalue weighted by Crippen LogP contribution is 2.64. The van der Waals surface area contributed by atoms with E-state index in [9.17, 15) is 0 Å². The Morgan fingerprint density at radius 2 is 0.697 bits per heavy atom. The third kappa shape index (κ3) is 6.70. The first-order valence-electron chi connectivity index (χ1n) is 26.9. The number of allylic oxidation sites excluding steroid dienone is 4. The van der Waals surface area contributed by atoms with Crippen LogP contribution in [0.1, 0.15) is 62.9 Å². The van der Waals surface area contributed by atoms with Gasteiger partial charge < -0.3 is 0 Å². The molecule has 0 N–H and O–H groups in total. The van der Waals surface area contributed by atoms with Gasteiger partial charge in [-0.15, -0.1) is 0 Å². The van der Waals surface area contributed by atoms with Gasteiger partial charge in [-0.25, -0.2) is 0 Å². The minimum Gasteiger partial charge on any atom is -0.0836 e. The molecule has 0 nitrogen and oxygen atoms in total. The maximum atomic E-state index is 2.64. The number of hydrogen-bond acceptors (Lipinski definition) is 0. The average Bonchev–Trinajstić information content (AvgIpc) is 4.18. The minimum atomic E-state index is -0.668. The predicted octanol–water partition coefficient (Wildman–Crippen LogP) is 19.5. The molecular weight excluding hydrogens is 913 g/mol. The zero-order valence-corrected chi connectivity index (χ0v) is 42.1. The Balaban J connectivity index is 1.05. The fourth-order valence-corrected chi connectivity index (χ4v) is 13.5. The van der Waals surface area contributed by atoms with E-state index in [1.165, 1.54) is 133 Å². The van der Waals surface area contributed by atoms with Crippen LogP contribution in [-0.4, -0.2) is 0 Å².